The van der Waals surface area contributed by atoms with Crippen LogP contribution in [0.1, 0.15) is 32.1 Å². The Morgan fingerprint density at radius 1 is 0.867 bits per heavy atom. The van der Waals surface area contributed by atoms with E-state index in [2.05, 4.69) is 12.2 Å². The molecule has 6 atom stereocenters. The van der Waals surface area contributed by atoms with Crippen molar-refractivity contribution >= 4 is 0 Å². The van der Waals surface area contributed by atoms with E-state index >= 15 is 0 Å². The van der Waals surface area contributed by atoms with Gasteiger partial charge in [-0.05, 0) is 78.4 Å². The van der Waals surface area contributed by atoms with Gasteiger partial charge in [-0.25, -0.2) is 0 Å². The first kappa shape index (κ1) is 7.14. The van der Waals surface area contributed by atoms with Crippen LogP contribution in [-0.4, -0.2) is 0 Å². The van der Waals surface area contributed by atoms with Crippen molar-refractivity contribution in [3.05, 3.63) is 12.2 Å². The first-order valence-electron chi connectivity index (χ1n) is 7.05. The summed E-state index contributed by atoms with van der Waals surface area (Å²) in [6.45, 7) is 0. The number of hydrogen-bond acceptors (Lipinski definition) is 0. The highest BCUT2D eigenvalue weighted by molar-refractivity contribution is 5.37. The maximum atomic E-state index is 2.68. The van der Waals surface area contributed by atoms with Gasteiger partial charge in [-0.15, -0.1) is 0 Å². The summed E-state index contributed by atoms with van der Waals surface area (Å²) in [5.74, 6) is 7.01. The molecule has 2 spiro atoms. The third-order valence-corrected chi connectivity index (χ3v) is 7.33. The average molecular weight is 198 g/mol. The molecule has 0 aromatic rings. The molecule has 15 heavy (non-hydrogen) atoms. The molecule has 0 amide bonds. The third kappa shape index (κ3) is 0.531. The summed E-state index contributed by atoms with van der Waals surface area (Å²) < 4.78 is 0. The van der Waals surface area contributed by atoms with Crippen LogP contribution in [0.3, 0.4) is 0 Å². The van der Waals surface area contributed by atoms with Gasteiger partial charge in [0, 0.05) is 0 Å². The Morgan fingerprint density at radius 2 is 1.67 bits per heavy atom. The second kappa shape index (κ2) is 1.65. The zero-order valence-corrected chi connectivity index (χ0v) is 9.15. The van der Waals surface area contributed by atoms with Crippen LogP contribution in [0.25, 0.3) is 0 Å². The molecule has 5 fully saturated rings. The molecule has 0 nitrogen and oxygen atoms in total. The minimum atomic E-state index is 0.771. The minimum Gasteiger partial charge on any atom is -0.0842 e. The molecule has 6 aliphatic rings. The maximum absolute atomic E-state index is 2.68. The largest absolute Gasteiger partial charge is 0.0842 e. The molecule has 6 aliphatic carbocycles. The Labute approximate surface area is 91.1 Å². The van der Waals surface area contributed by atoms with Crippen LogP contribution in [0.15, 0.2) is 12.2 Å². The SMILES string of the molecule is C1=CC2(CC2)[C@@H]2[C@@H]1[C@H]1[C@H]3C[C@H]3[C@H]2C12CC2. The van der Waals surface area contributed by atoms with Gasteiger partial charge in [0.05, 0.1) is 0 Å². The Kier molecular flexibility index (Phi) is 0.787. The van der Waals surface area contributed by atoms with E-state index in [4.69, 9.17) is 0 Å². The highest BCUT2D eigenvalue weighted by atomic mass is 14.9. The van der Waals surface area contributed by atoms with Crippen LogP contribution in [0, 0.1) is 46.3 Å². The number of hydrogen-bond donors (Lipinski definition) is 0. The summed E-state index contributed by atoms with van der Waals surface area (Å²) in [6.07, 6.45) is 13.3. The fraction of sp³-hybridized carbons (Fsp3) is 0.867. The lowest BCUT2D eigenvalue weighted by molar-refractivity contribution is 0.196. The minimum absolute atomic E-state index is 0.771. The van der Waals surface area contributed by atoms with E-state index in [9.17, 15) is 0 Å². The van der Waals surface area contributed by atoms with Crippen LogP contribution in [0.5, 0.6) is 0 Å². The average Bonchev–Trinajstić information content (AvgIpc) is 3.07. The predicted molar refractivity (Wildman–Crippen MR) is 58.0 cm³/mol. The van der Waals surface area contributed by atoms with Gasteiger partial charge < -0.3 is 0 Å². The molecule has 0 radical (unpaired) electrons. The summed E-state index contributed by atoms with van der Waals surface area (Å²) in [5, 5.41) is 0. The topological polar surface area (TPSA) is 0 Å². The molecule has 78 valence electrons. The highest BCUT2D eigenvalue weighted by Gasteiger charge is 2.82. The van der Waals surface area contributed by atoms with Crippen molar-refractivity contribution in [2.24, 2.45) is 46.3 Å². The molecule has 0 heterocycles. The fourth-order valence-electron chi connectivity index (χ4n) is 6.74. The number of fused-ring (bicyclic) bond motifs is 7. The molecule has 0 aliphatic heterocycles. The van der Waals surface area contributed by atoms with E-state index in [0.717, 1.165) is 22.7 Å². The quantitative estimate of drug-likeness (QED) is 0.524. The van der Waals surface area contributed by atoms with Gasteiger partial charge in [0.25, 0.3) is 0 Å². The van der Waals surface area contributed by atoms with Crippen LogP contribution in [0.4, 0.5) is 0 Å². The third-order valence-electron chi connectivity index (χ3n) is 7.33. The highest BCUT2D eigenvalue weighted by Crippen LogP contribution is 2.88. The monoisotopic (exact) mass is 198 g/mol. The first-order valence-corrected chi connectivity index (χ1v) is 7.05. The van der Waals surface area contributed by atoms with E-state index in [1.165, 1.54) is 23.7 Å². The van der Waals surface area contributed by atoms with E-state index < -0.39 is 0 Å². The van der Waals surface area contributed by atoms with Gasteiger partial charge in [-0.1, -0.05) is 12.2 Å². The molecular weight excluding hydrogens is 180 g/mol. The smallest absolute Gasteiger partial charge is 0.00806 e. The molecule has 0 aromatic carbocycles. The molecular formula is C15H18. The molecule has 6 rings (SSSR count). The van der Waals surface area contributed by atoms with Crippen LogP contribution in [-0.2, 0) is 0 Å². The summed E-state index contributed by atoms with van der Waals surface area (Å²) in [7, 11) is 0. The molecule has 0 unspecified atom stereocenters. The number of allylic oxidation sites excluding steroid dienone is 2. The summed E-state index contributed by atoms with van der Waals surface area (Å²) in [5.41, 5.74) is 1.70. The van der Waals surface area contributed by atoms with E-state index in [1.807, 2.05) is 0 Å². The van der Waals surface area contributed by atoms with Gasteiger partial charge in [0.15, 0.2) is 0 Å². The van der Waals surface area contributed by atoms with Gasteiger partial charge in [-0.3, -0.25) is 0 Å². The van der Waals surface area contributed by atoms with Crippen molar-refractivity contribution < 1.29 is 0 Å². The predicted octanol–water partition coefficient (Wildman–Crippen LogP) is 3.24. The lowest BCUT2D eigenvalue weighted by Crippen LogP contribution is -2.25. The Balaban J connectivity index is 1.60. The molecule has 0 heteroatoms. The van der Waals surface area contributed by atoms with Crippen molar-refractivity contribution in [3.63, 3.8) is 0 Å². The van der Waals surface area contributed by atoms with Gasteiger partial charge in [0.2, 0.25) is 0 Å². The molecule has 0 aromatic heterocycles. The standard InChI is InChI=1S/C15H18/c1-2-14(3-4-14)12-8(1)11-9-7-10(9)13(12)15(11)5-6-15/h1-2,8-13H,3-7H2/t8-,9-,10+,11-,12+,13+/m0/s1. The van der Waals surface area contributed by atoms with Crippen molar-refractivity contribution in [2.45, 2.75) is 32.1 Å². The lowest BCUT2D eigenvalue weighted by Gasteiger charge is -2.29. The Morgan fingerprint density at radius 3 is 2.40 bits per heavy atom. The summed E-state index contributed by atoms with van der Waals surface area (Å²) >= 11 is 0. The van der Waals surface area contributed by atoms with Crippen molar-refractivity contribution in [3.8, 4) is 0 Å². The first-order chi connectivity index (χ1) is 7.36. The van der Waals surface area contributed by atoms with E-state index in [-0.39, 0.29) is 0 Å². The van der Waals surface area contributed by atoms with E-state index in [0.29, 0.717) is 0 Å². The second-order valence-corrected chi connectivity index (χ2v) is 7.54. The van der Waals surface area contributed by atoms with Crippen LogP contribution < -0.4 is 0 Å². The normalized spacial score (nSPS) is 66.1. The van der Waals surface area contributed by atoms with E-state index in [1.54, 1.807) is 32.1 Å². The second-order valence-electron chi connectivity index (χ2n) is 7.54. The molecule has 2 bridgehead atoms. The number of rotatable bonds is 0. The molecule has 0 saturated heterocycles. The molecule has 0 N–H and O–H groups in total. The summed E-state index contributed by atoms with van der Waals surface area (Å²) in [6, 6.07) is 0. The summed E-state index contributed by atoms with van der Waals surface area (Å²) in [4.78, 5) is 0. The molecule has 5 saturated carbocycles. The van der Waals surface area contributed by atoms with Crippen molar-refractivity contribution in [1.82, 2.24) is 0 Å². The van der Waals surface area contributed by atoms with Crippen LogP contribution in [0.2, 0.25) is 0 Å². The Hall–Kier alpha value is -0.260. The maximum Gasteiger partial charge on any atom is -0.00806 e. The Bertz CT molecular complexity index is 410. The zero-order valence-electron chi connectivity index (χ0n) is 9.15. The van der Waals surface area contributed by atoms with Gasteiger partial charge in [-0.2, -0.15) is 0 Å². The van der Waals surface area contributed by atoms with Crippen LogP contribution >= 0.6 is 0 Å². The van der Waals surface area contributed by atoms with Crippen molar-refractivity contribution in [1.29, 1.82) is 0 Å². The van der Waals surface area contributed by atoms with Crippen molar-refractivity contribution in [2.75, 3.05) is 0 Å². The van der Waals surface area contributed by atoms with Gasteiger partial charge >= 0.3 is 0 Å². The lowest BCUT2D eigenvalue weighted by atomic mass is 9.75. The van der Waals surface area contributed by atoms with Gasteiger partial charge in [0.1, 0.15) is 0 Å². The zero-order chi connectivity index (χ0) is 9.41. The fourth-order valence-corrected chi connectivity index (χ4v) is 6.74.